The summed E-state index contributed by atoms with van der Waals surface area (Å²) in [7, 11) is 0. The molecule has 0 atom stereocenters. The Labute approximate surface area is 152 Å². The van der Waals surface area contributed by atoms with E-state index in [1.165, 1.54) is 11.0 Å². The normalized spacial score (nSPS) is 15.2. The molecular weight excluding hydrogens is 341 g/mol. The highest BCUT2D eigenvalue weighted by atomic mass is 35.5. The first-order chi connectivity index (χ1) is 12.0. The van der Waals surface area contributed by atoms with E-state index in [2.05, 4.69) is 10.2 Å². The number of quaternary nitrogens is 1. The summed E-state index contributed by atoms with van der Waals surface area (Å²) >= 11 is 5.93. The molecular formula is C19H22ClFN3O+. The van der Waals surface area contributed by atoms with Crippen LogP contribution in [0.2, 0.25) is 5.02 Å². The van der Waals surface area contributed by atoms with E-state index >= 15 is 0 Å². The minimum atomic E-state index is -0.304. The van der Waals surface area contributed by atoms with Crippen LogP contribution in [0.1, 0.15) is 5.56 Å². The van der Waals surface area contributed by atoms with Crippen molar-refractivity contribution in [1.82, 2.24) is 0 Å². The van der Waals surface area contributed by atoms with Crippen molar-refractivity contribution < 1.29 is 14.1 Å². The van der Waals surface area contributed by atoms with Gasteiger partial charge < -0.3 is 15.1 Å². The van der Waals surface area contributed by atoms with Crippen molar-refractivity contribution in [1.29, 1.82) is 0 Å². The van der Waals surface area contributed by atoms with Crippen molar-refractivity contribution in [3.63, 3.8) is 0 Å². The molecule has 1 aliphatic heterocycles. The lowest BCUT2D eigenvalue weighted by molar-refractivity contribution is -0.892. The maximum atomic E-state index is 13.5. The lowest BCUT2D eigenvalue weighted by Gasteiger charge is -2.33. The molecule has 1 fully saturated rings. The summed E-state index contributed by atoms with van der Waals surface area (Å²) in [5.74, 6) is -0.389. The average Bonchev–Trinajstić information content (AvgIpc) is 2.60. The average molecular weight is 363 g/mol. The Morgan fingerprint density at radius 2 is 1.88 bits per heavy atom. The third-order valence-corrected chi connectivity index (χ3v) is 4.78. The molecule has 1 aliphatic rings. The number of anilines is 2. The smallest absolute Gasteiger partial charge is 0.279 e. The van der Waals surface area contributed by atoms with E-state index in [0.717, 1.165) is 36.9 Å². The Kier molecular flexibility index (Phi) is 5.56. The highest BCUT2D eigenvalue weighted by molar-refractivity contribution is 6.30. The van der Waals surface area contributed by atoms with Crippen LogP contribution in [0.25, 0.3) is 0 Å². The van der Waals surface area contributed by atoms with Crippen molar-refractivity contribution in [2.45, 2.75) is 6.92 Å². The predicted molar refractivity (Wildman–Crippen MR) is 99.0 cm³/mol. The van der Waals surface area contributed by atoms with Crippen LogP contribution < -0.4 is 15.1 Å². The minimum Gasteiger partial charge on any atom is -0.360 e. The fraction of sp³-hybridized carbons (Fsp3) is 0.316. The zero-order valence-corrected chi connectivity index (χ0v) is 14.9. The zero-order chi connectivity index (χ0) is 17.8. The van der Waals surface area contributed by atoms with Crippen LogP contribution in [-0.4, -0.2) is 38.6 Å². The van der Waals surface area contributed by atoms with Gasteiger partial charge in [-0.1, -0.05) is 17.7 Å². The lowest BCUT2D eigenvalue weighted by Crippen LogP contribution is -3.15. The van der Waals surface area contributed by atoms with Crippen molar-refractivity contribution >= 4 is 28.9 Å². The molecule has 0 spiro atoms. The Balaban J connectivity index is 1.49. The summed E-state index contributed by atoms with van der Waals surface area (Å²) in [6.07, 6.45) is 0. The molecule has 132 valence electrons. The van der Waals surface area contributed by atoms with E-state index in [0.29, 0.717) is 17.8 Å². The number of halogens is 2. The van der Waals surface area contributed by atoms with Gasteiger partial charge in [0.15, 0.2) is 6.54 Å². The largest absolute Gasteiger partial charge is 0.360 e. The van der Waals surface area contributed by atoms with Crippen molar-refractivity contribution in [2.24, 2.45) is 0 Å². The Bertz CT molecular complexity index is 743. The molecule has 4 nitrogen and oxygen atoms in total. The van der Waals surface area contributed by atoms with Crippen LogP contribution in [-0.2, 0) is 4.79 Å². The van der Waals surface area contributed by atoms with Crippen molar-refractivity contribution in [2.75, 3.05) is 42.9 Å². The van der Waals surface area contributed by atoms with E-state index in [-0.39, 0.29) is 11.7 Å². The fourth-order valence-corrected chi connectivity index (χ4v) is 3.14. The van der Waals surface area contributed by atoms with Crippen molar-refractivity contribution in [3.05, 3.63) is 58.9 Å². The molecule has 1 heterocycles. The second kappa shape index (κ2) is 7.85. The van der Waals surface area contributed by atoms with Gasteiger partial charge in [0.25, 0.3) is 5.91 Å². The third-order valence-electron chi connectivity index (χ3n) is 4.53. The standard InChI is InChI=1S/C19H21ClFN3O/c1-14-2-5-16(12-18(14)21)22-19(25)13-23-8-10-24(11-9-23)17-6-3-15(20)4-7-17/h2-7,12H,8-11,13H2,1H3,(H,22,25)/p+1. The first kappa shape index (κ1) is 17.7. The Morgan fingerprint density at radius 1 is 1.20 bits per heavy atom. The second-order valence-electron chi connectivity index (χ2n) is 6.40. The van der Waals surface area contributed by atoms with Crippen molar-refractivity contribution in [3.8, 4) is 0 Å². The summed E-state index contributed by atoms with van der Waals surface area (Å²) in [6, 6.07) is 12.6. The molecule has 1 saturated heterocycles. The van der Waals surface area contributed by atoms with Crippen LogP contribution in [0.15, 0.2) is 42.5 Å². The first-order valence-electron chi connectivity index (χ1n) is 8.41. The maximum absolute atomic E-state index is 13.5. The van der Waals surface area contributed by atoms with Gasteiger partial charge in [0.05, 0.1) is 26.2 Å². The van der Waals surface area contributed by atoms with Crippen LogP contribution in [0, 0.1) is 12.7 Å². The molecule has 0 bridgehead atoms. The molecule has 2 N–H and O–H groups in total. The monoisotopic (exact) mass is 362 g/mol. The number of aryl methyl sites for hydroxylation is 1. The van der Waals surface area contributed by atoms with E-state index in [1.54, 1.807) is 19.1 Å². The van der Waals surface area contributed by atoms with Gasteiger partial charge in [-0.25, -0.2) is 4.39 Å². The van der Waals surface area contributed by atoms with Crippen LogP contribution in [0.5, 0.6) is 0 Å². The van der Waals surface area contributed by atoms with E-state index in [4.69, 9.17) is 11.6 Å². The van der Waals surface area contributed by atoms with Crippen LogP contribution >= 0.6 is 11.6 Å². The van der Waals surface area contributed by atoms with Gasteiger partial charge in [0.2, 0.25) is 0 Å². The number of nitrogens with one attached hydrogen (secondary N) is 2. The number of piperazine rings is 1. The molecule has 25 heavy (non-hydrogen) atoms. The molecule has 3 rings (SSSR count). The summed E-state index contributed by atoms with van der Waals surface area (Å²) in [4.78, 5) is 15.7. The molecule has 0 saturated carbocycles. The number of hydrogen-bond donors (Lipinski definition) is 2. The quantitative estimate of drug-likeness (QED) is 0.874. The summed E-state index contributed by atoms with van der Waals surface area (Å²) in [6.45, 7) is 5.65. The van der Waals surface area contributed by atoms with E-state index in [1.807, 2.05) is 24.3 Å². The number of benzene rings is 2. The number of carbonyl (C=O) groups excluding carboxylic acids is 1. The predicted octanol–water partition coefficient (Wildman–Crippen LogP) is 2.13. The number of nitrogens with zero attached hydrogens (tertiary/aromatic N) is 1. The fourth-order valence-electron chi connectivity index (χ4n) is 3.01. The van der Waals surface area contributed by atoms with Crippen LogP contribution in [0.3, 0.4) is 0 Å². The summed E-state index contributed by atoms with van der Waals surface area (Å²) in [5, 5.41) is 3.51. The molecule has 6 heteroatoms. The lowest BCUT2D eigenvalue weighted by atomic mass is 10.2. The van der Waals surface area contributed by atoms with E-state index in [9.17, 15) is 9.18 Å². The molecule has 2 aromatic rings. The third kappa shape index (κ3) is 4.71. The maximum Gasteiger partial charge on any atom is 0.279 e. The molecule has 0 radical (unpaired) electrons. The number of rotatable bonds is 4. The molecule has 2 aromatic carbocycles. The highest BCUT2D eigenvalue weighted by Crippen LogP contribution is 2.17. The van der Waals surface area contributed by atoms with Crippen LogP contribution in [0.4, 0.5) is 15.8 Å². The van der Waals surface area contributed by atoms with E-state index < -0.39 is 0 Å². The summed E-state index contributed by atoms with van der Waals surface area (Å²) < 4.78 is 13.5. The summed E-state index contributed by atoms with van der Waals surface area (Å²) in [5.41, 5.74) is 2.23. The molecule has 0 unspecified atom stereocenters. The Morgan fingerprint density at radius 3 is 2.52 bits per heavy atom. The Hall–Kier alpha value is -2.11. The van der Waals surface area contributed by atoms with Gasteiger partial charge in [-0.3, -0.25) is 4.79 Å². The number of amides is 1. The number of hydrogen-bond acceptors (Lipinski definition) is 2. The molecule has 0 aliphatic carbocycles. The number of carbonyl (C=O) groups is 1. The highest BCUT2D eigenvalue weighted by Gasteiger charge is 2.22. The van der Waals surface area contributed by atoms with Gasteiger partial charge in [-0.05, 0) is 48.9 Å². The molecule has 0 aromatic heterocycles. The van der Waals surface area contributed by atoms with Gasteiger partial charge in [0, 0.05) is 16.4 Å². The first-order valence-corrected chi connectivity index (χ1v) is 8.79. The SMILES string of the molecule is Cc1ccc(NC(=O)C[NH+]2CCN(c3ccc(Cl)cc3)CC2)cc1F. The topological polar surface area (TPSA) is 36.8 Å². The second-order valence-corrected chi connectivity index (χ2v) is 6.84. The van der Waals surface area contributed by atoms with Gasteiger partial charge in [-0.15, -0.1) is 0 Å². The molecule has 1 amide bonds. The minimum absolute atomic E-state index is 0.0850. The zero-order valence-electron chi connectivity index (χ0n) is 14.2. The van der Waals surface area contributed by atoms with Gasteiger partial charge in [0.1, 0.15) is 5.82 Å². The van der Waals surface area contributed by atoms with Gasteiger partial charge >= 0.3 is 0 Å². The van der Waals surface area contributed by atoms with Gasteiger partial charge in [-0.2, -0.15) is 0 Å².